The fourth-order valence-electron chi connectivity index (χ4n) is 1.63. The normalized spacial score (nSPS) is 14.4. The molecule has 86 valence electrons. The minimum Gasteiger partial charge on any atom is -0.396 e. The van der Waals surface area contributed by atoms with Crippen LogP contribution in [0.1, 0.15) is 59.3 Å². The Morgan fingerprint density at radius 2 is 1.64 bits per heavy atom. The lowest BCUT2D eigenvalue weighted by atomic mass is 9.94. The van der Waals surface area contributed by atoms with E-state index in [4.69, 9.17) is 5.11 Å². The highest BCUT2D eigenvalue weighted by Crippen LogP contribution is 2.19. The van der Waals surface area contributed by atoms with Crippen molar-refractivity contribution >= 4 is 0 Å². The predicted octanol–water partition coefficient (Wildman–Crippen LogP) is 2.73. The first-order valence-corrected chi connectivity index (χ1v) is 5.79. The Balaban J connectivity index is 3.31. The lowest BCUT2D eigenvalue weighted by Crippen LogP contribution is -2.18. The number of unbranched alkanes of at least 4 members (excludes halogenated alkanes) is 1. The lowest BCUT2D eigenvalue weighted by Gasteiger charge is -2.18. The van der Waals surface area contributed by atoms with E-state index in [1.807, 2.05) is 13.8 Å². The molecule has 0 fully saturated rings. The number of rotatable bonds is 8. The Hall–Kier alpha value is -0.0800. The third kappa shape index (κ3) is 10.0. The van der Waals surface area contributed by atoms with Crippen molar-refractivity contribution in [1.29, 1.82) is 0 Å². The van der Waals surface area contributed by atoms with Crippen molar-refractivity contribution in [2.75, 3.05) is 6.61 Å². The molecule has 0 rings (SSSR count). The second-order valence-electron chi connectivity index (χ2n) is 5.03. The smallest absolute Gasteiger partial charge is 0.0591 e. The van der Waals surface area contributed by atoms with Crippen molar-refractivity contribution < 1.29 is 10.2 Å². The van der Waals surface area contributed by atoms with Gasteiger partial charge < -0.3 is 10.2 Å². The van der Waals surface area contributed by atoms with E-state index < -0.39 is 5.60 Å². The molecule has 2 N–H and O–H groups in total. The van der Waals surface area contributed by atoms with E-state index in [1.165, 1.54) is 12.8 Å². The van der Waals surface area contributed by atoms with Crippen LogP contribution in [0.15, 0.2) is 0 Å². The Labute approximate surface area is 88.3 Å². The standard InChI is InChI=1S/C12H26O2/c1-11(7-4-5-10-13)8-6-9-12(2,3)14/h11,13-14H,4-10H2,1-3H3. The fourth-order valence-corrected chi connectivity index (χ4v) is 1.63. The van der Waals surface area contributed by atoms with Gasteiger partial charge in [-0.05, 0) is 32.6 Å². The summed E-state index contributed by atoms with van der Waals surface area (Å²) in [6.45, 7) is 6.30. The molecule has 1 atom stereocenters. The van der Waals surface area contributed by atoms with Gasteiger partial charge in [-0.1, -0.05) is 32.6 Å². The number of aliphatic hydroxyl groups is 2. The maximum absolute atomic E-state index is 9.51. The minimum atomic E-state index is -0.509. The summed E-state index contributed by atoms with van der Waals surface area (Å²) < 4.78 is 0. The van der Waals surface area contributed by atoms with Gasteiger partial charge in [-0.15, -0.1) is 0 Å². The second-order valence-corrected chi connectivity index (χ2v) is 5.03. The van der Waals surface area contributed by atoms with Crippen LogP contribution in [-0.2, 0) is 0 Å². The molecule has 0 radical (unpaired) electrons. The summed E-state index contributed by atoms with van der Waals surface area (Å²) in [4.78, 5) is 0. The van der Waals surface area contributed by atoms with E-state index in [0.29, 0.717) is 6.61 Å². The van der Waals surface area contributed by atoms with E-state index >= 15 is 0 Å². The van der Waals surface area contributed by atoms with Gasteiger partial charge in [-0.2, -0.15) is 0 Å². The third-order valence-electron chi connectivity index (χ3n) is 2.59. The van der Waals surface area contributed by atoms with Crippen molar-refractivity contribution in [3.63, 3.8) is 0 Å². The molecule has 0 saturated carbocycles. The SMILES string of the molecule is CC(CCCCO)CCCC(C)(C)O. The molecule has 0 aromatic carbocycles. The molecule has 0 saturated heterocycles. The van der Waals surface area contributed by atoms with Crippen LogP contribution < -0.4 is 0 Å². The number of hydrogen-bond acceptors (Lipinski definition) is 2. The van der Waals surface area contributed by atoms with Gasteiger partial charge in [0.1, 0.15) is 0 Å². The largest absolute Gasteiger partial charge is 0.396 e. The van der Waals surface area contributed by atoms with Crippen molar-refractivity contribution in [1.82, 2.24) is 0 Å². The van der Waals surface area contributed by atoms with Crippen LogP contribution in [0.2, 0.25) is 0 Å². The summed E-state index contributed by atoms with van der Waals surface area (Å²) in [5.41, 5.74) is -0.509. The maximum atomic E-state index is 9.51. The molecule has 0 aromatic rings. The highest BCUT2D eigenvalue weighted by molar-refractivity contribution is 4.65. The molecule has 0 amide bonds. The molecule has 0 aliphatic heterocycles. The van der Waals surface area contributed by atoms with Crippen LogP contribution in [0.4, 0.5) is 0 Å². The molecule has 0 spiro atoms. The summed E-state index contributed by atoms with van der Waals surface area (Å²) in [5, 5.41) is 18.1. The molecular weight excluding hydrogens is 176 g/mol. The molecule has 1 unspecified atom stereocenters. The molecule has 2 heteroatoms. The number of hydrogen-bond donors (Lipinski definition) is 2. The molecule has 0 aliphatic carbocycles. The minimum absolute atomic E-state index is 0.316. The van der Waals surface area contributed by atoms with E-state index in [1.54, 1.807) is 0 Å². The zero-order valence-corrected chi connectivity index (χ0v) is 9.92. The third-order valence-corrected chi connectivity index (χ3v) is 2.59. The van der Waals surface area contributed by atoms with Gasteiger partial charge in [0, 0.05) is 6.61 Å². The van der Waals surface area contributed by atoms with E-state index in [2.05, 4.69) is 6.92 Å². The average Bonchev–Trinajstić information content (AvgIpc) is 2.02. The summed E-state index contributed by atoms with van der Waals surface area (Å²) in [7, 11) is 0. The Morgan fingerprint density at radius 3 is 2.14 bits per heavy atom. The van der Waals surface area contributed by atoms with Gasteiger partial charge in [0.05, 0.1) is 5.60 Å². The van der Waals surface area contributed by atoms with Gasteiger partial charge >= 0.3 is 0 Å². The molecule has 0 aromatic heterocycles. The highest BCUT2D eigenvalue weighted by atomic mass is 16.3. The summed E-state index contributed by atoms with van der Waals surface area (Å²) >= 11 is 0. The number of aliphatic hydroxyl groups excluding tert-OH is 1. The van der Waals surface area contributed by atoms with Crippen LogP contribution in [0, 0.1) is 5.92 Å². The van der Waals surface area contributed by atoms with Crippen LogP contribution in [0.25, 0.3) is 0 Å². The van der Waals surface area contributed by atoms with Gasteiger partial charge in [0.15, 0.2) is 0 Å². The van der Waals surface area contributed by atoms with E-state index in [0.717, 1.165) is 31.6 Å². The van der Waals surface area contributed by atoms with Crippen molar-refractivity contribution in [2.45, 2.75) is 64.9 Å². The predicted molar refractivity (Wildman–Crippen MR) is 60.2 cm³/mol. The molecule has 0 heterocycles. The van der Waals surface area contributed by atoms with Gasteiger partial charge in [-0.3, -0.25) is 0 Å². The van der Waals surface area contributed by atoms with E-state index in [9.17, 15) is 5.11 Å². The Morgan fingerprint density at radius 1 is 1.07 bits per heavy atom. The van der Waals surface area contributed by atoms with Crippen molar-refractivity contribution in [3.8, 4) is 0 Å². The first-order valence-electron chi connectivity index (χ1n) is 5.79. The van der Waals surface area contributed by atoms with E-state index in [-0.39, 0.29) is 0 Å². The van der Waals surface area contributed by atoms with Crippen molar-refractivity contribution in [3.05, 3.63) is 0 Å². The summed E-state index contributed by atoms with van der Waals surface area (Å²) in [6, 6.07) is 0. The monoisotopic (exact) mass is 202 g/mol. The zero-order chi connectivity index (χ0) is 11.0. The van der Waals surface area contributed by atoms with Crippen LogP contribution in [0.5, 0.6) is 0 Å². The average molecular weight is 202 g/mol. The summed E-state index contributed by atoms with van der Waals surface area (Å²) in [6.07, 6.45) is 6.43. The first kappa shape index (κ1) is 13.9. The fraction of sp³-hybridized carbons (Fsp3) is 1.00. The summed E-state index contributed by atoms with van der Waals surface area (Å²) in [5.74, 6) is 0.726. The van der Waals surface area contributed by atoms with Gasteiger partial charge in [0.25, 0.3) is 0 Å². The van der Waals surface area contributed by atoms with Crippen molar-refractivity contribution in [2.24, 2.45) is 5.92 Å². The Kier molecular flexibility index (Phi) is 7.20. The molecule has 14 heavy (non-hydrogen) atoms. The Bertz CT molecular complexity index is 127. The quantitative estimate of drug-likeness (QED) is 0.594. The first-order chi connectivity index (χ1) is 6.45. The molecule has 0 bridgehead atoms. The topological polar surface area (TPSA) is 40.5 Å². The highest BCUT2D eigenvalue weighted by Gasteiger charge is 2.12. The molecule has 0 aliphatic rings. The van der Waals surface area contributed by atoms with Gasteiger partial charge in [0.2, 0.25) is 0 Å². The van der Waals surface area contributed by atoms with Crippen LogP contribution >= 0.6 is 0 Å². The molecular formula is C12H26O2. The van der Waals surface area contributed by atoms with Crippen LogP contribution in [-0.4, -0.2) is 22.4 Å². The lowest BCUT2D eigenvalue weighted by molar-refractivity contribution is 0.0669. The van der Waals surface area contributed by atoms with Gasteiger partial charge in [-0.25, -0.2) is 0 Å². The van der Waals surface area contributed by atoms with Crippen LogP contribution in [0.3, 0.4) is 0 Å². The zero-order valence-electron chi connectivity index (χ0n) is 9.92. The maximum Gasteiger partial charge on any atom is 0.0591 e. The second kappa shape index (κ2) is 7.24. The molecule has 2 nitrogen and oxygen atoms in total.